The molecule has 0 aliphatic heterocycles. The molecule has 1 unspecified atom stereocenters. The predicted octanol–water partition coefficient (Wildman–Crippen LogP) is 2.60. The van der Waals surface area contributed by atoms with Crippen molar-refractivity contribution in [2.24, 2.45) is 0 Å². The highest BCUT2D eigenvalue weighted by Gasteiger charge is 2.36. The van der Waals surface area contributed by atoms with E-state index in [2.05, 4.69) is 10.9 Å². The van der Waals surface area contributed by atoms with E-state index >= 15 is 4.39 Å². The highest BCUT2D eigenvalue weighted by atomic mass is 32.2. The van der Waals surface area contributed by atoms with Crippen molar-refractivity contribution in [2.45, 2.75) is 31.1 Å². The molecule has 3 aromatic rings. The first-order valence-corrected chi connectivity index (χ1v) is 10.1. The minimum absolute atomic E-state index is 0.0686. The Morgan fingerprint density at radius 3 is 2.50 bits per heavy atom. The van der Waals surface area contributed by atoms with E-state index in [1.54, 1.807) is 30.3 Å². The number of imidazole rings is 1. The Kier molecular flexibility index (Phi) is 4.91. The number of hydrogen-bond acceptors (Lipinski definition) is 5. The maximum absolute atomic E-state index is 15.6. The maximum atomic E-state index is 15.6. The van der Waals surface area contributed by atoms with Gasteiger partial charge in [-0.05, 0) is 25.5 Å². The van der Waals surface area contributed by atoms with Gasteiger partial charge in [0.25, 0.3) is 0 Å². The van der Waals surface area contributed by atoms with Gasteiger partial charge in [-0.25, -0.2) is 21.8 Å². The van der Waals surface area contributed by atoms with Crippen LogP contribution in [-0.2, 0) is 15.6 Å². The van der Waals surface area contributed by atoms with Crippen LogP contribution in [0, 0.1) is 18.2 Å². The molecule has 146 valence electrons. The third kappa shape index (κ3) is 2.93. The van der Waals surface area contributed by atoms with E-state index < -0.39 is 26.7 Å². The van der Waals surface area contributed by atoms with Gasteiger partial charge in [-0.2, -0.15) is 0 Å². The number of aromatic nitrogens is 2. The molecule has 0 aliphatic carbocycles. The van der Waals surface area contributed by atoms with Crippen LogP contribution < -0.4 is 5.73 Å². The molecule has 0 saturated heterocycles. The summed E-state index contributed by atoms with van der Waals surface area (Å²) in [7, 11) is -3.99. The molecule has 0 saturated carbocycles. The molecule has 0 bridgehead atoms. The topological polar surface area (TPSA) is 98.2 Å². The molecule has 3 N–H and O–H groups in total. The van der Waals surface area contributed by atoms with Crippen LogP contribution in [0.25, 0.3) is 11.0 Å². The second-order valence-corrected chi connectivity index (χ2v) is 9.07. The maximum Gasteiger partial charge on any atom is 0.244 e. The third-order valence-electron chi connectivity index (χ3n) is 4.65. The highest BCUT2D eigenvalue weighted by molar-refractivity contribution is 7.90. The van der Waals surface area contributed by atoms with Gasteiger partial charge in [-0.3, -0.25) is 0 Å². The second kappa shape index (κ2) is 6.93. The molecule has 1 aromatic heterocycles. The van der Waals surface area contributed by atoms with E-state index in [0.29, 0.717) is 9.54 Å². The van der Waals surface area contributed by atoms with Crippen LogP contribution in [-0.4, -0.2) is 27.7 Å². The number of terminal acetylenes is 1. The number of hydrogen-bond donors (Lipinski definition) is 2. The lowest BCUT2D eigenvalue weighted by molar-refractivity contribution is 0.0827. The summed E-state index contributed by atoms with van der Waals surface area (Å²) in [5, 5.41) is 10.5. The summed E-state index contributed by atoms with van der Waals surface area (Å²) in [6, 6.07) is 11.2. The van der Waals surface area contributed by atoms with E-state index in [4.69, 9.17) is 12.2 Å². The normalized spacial score (nSPS) is 14.1. The summed E-state index contributed by atoms with van der Waals surface area (Å²) in [5.41, 5.74) is 3.93. The number of aliphatic hydroxyl groups is 1. The first-order chi connectivity index (χ1) is 13.1. The SMILES string of the molecule is C#CCC(O)(c1ccccc1)c1ccc2nc(N)n(S(=O)(=O)C(C)C)c2c1F. The lowest BCUT2D eigenvalue weighted by Gasteiger charge is -2.28. The van der Waals surface area contributed by atoms with Crippen LogP contribution in [0.15, 0.2) is 42.5 Å². The molecule has 0 spiro atoms. The van der Waals surface area contributed by atoms with Gasteiger partial charge in [-0.1, -0.05) is 36.4 Å². The van der Waals surface area contributed by atoms with Gasteiger partial charge in [0.1, 0.15) is 11.1 Å². The van der Waals surface area contributed by atoms with Gasteiger partial charge >= 0.3 is 0 Å². The molecule has 1 heterocycles. The molecular formula is C20H20FN3O3S. The van der Waals surface area contributed by atoms with E-state index in [0.717, 1.165) is 0 Å². The summed E-state index contributed by atoms with van der Waals surface area (Å²) in [4.78, 5) is 3.96. The Bertz CT molecular complexity index is 1180. The predicted molar refractivity (Wildman–Crippen MR) is 106 cm³/mol. The molecule has 28 heavy (non-hydrogen) atoms. The Balaban J connectivity index is 2.38. The van der Waals surface area contributed by atoms with Crippen molar-refractivity contribution >= 4 is 27.0 Å². The van der Waals surface area contributed by atoms with Crippen molar-refractivity contribution in [3.63, 3.8) is 0 Å². The standard InChI is InChI=1S/C20H20FN3O3S/c1-4-12-20(25,14-8-6-5-7-9-14)15-10-11-16-18(17(15)21)24(19(22)23-16)28(26,27)13(2)3/h1,5-11,13,25H,12H2,2-3H3,(H2,22,23). The number of fused-ring (bicyclic) bond motifs is 1. The molecule has 8 heteroatoms. The van der Waals surface area contributed by atoms with Crippen molar-refractivity contribution < 1.29 is 17.9 Å². The van der Waals surface area contributed by atoms with Gasteiger partial charge in [0.05, 0.1) is 10.8 Å². The second-order valence-electron chi connectivity index (χ2n) is 6.73. The quantitative estimate of drug-likeness (QED) is 0.641. The first kappa shape index (κ1) is 19.9. The van der Waals surface area contributed by atoms with Gasteiger partial charge in [0.15, 0.2) is 5.82 Å². The number of rotatable bonds is 5. The van der Waals surface area contributed by atoms with Crippen LogP contribution >= 0.6 is 0 Å². The van der Waals surface area contributed by atoms with E-state index in [1.165, 1.54) is 26.0 Å². The van der Waals surface area contributed by atoms with Gasteiger partial charge in [0, 0.05) is 12.0 Å². The van der Waals surface area contributed by atoms with Crippen LogP contribution in [0.1, 0.15) is 31.4 Å². The number of nitrogens with two attached hydrogens (primary N) is 1. The molecule has 0 aliphatic rings. The number of nitrogen functional groups attached to an aromatic ring is 1. The molecule has 1 atom stereocenters. The Morgan fingerprint density at radius 1 is 1.29 bits per heavy atom. The first-order valence-electron chi connectivity index (χ1n) is 8.57. The highest BCUT2D eigenvalue weighted by Crippen LogP contribution is 2.37. The van der Waals surface area contributed by atoms with Crippen molar-refractivity contribution in [1.29, 1.82) is 0 Å². The number of anilines is 1. The summed E-state index contributed by atoms with van der Waals surface area (Å²) in [5.74, 6) is 1.08. The zero-order valence-electron chi connectivity index (χ0n) is 15.4. The Morgan fingerprint density at radius 2 is 1.93 bits per heavy atom. The van der Waals surface area contributed by atoms with Gasteiger partial charge in [0.2, 0.25) is 16.0 Å². The summed E-state index contributed by atoms with van der Waals surface area (Å²) in [6.07, 6.45) is 5.22. The smallest absolute Gasteiger partial charge is 0.244 e. The van der Waals surface area contributed by atoms with Crippen molar-refractivity contribution in [2.75, 3.05) is 5.73 Å². The van der Waals surface area contributed by atoms with Crippen molar-refractivity contribution in [1.82, 2.24) is 8.96 Å². The molecule has 0 fully saturated rings. The lowest BCUT2D eigenvalue weighted by Crippen LogP contribution is -2.29. The fraction of sp³-hybridized carbons (Fsp3) is 0.250. The van der Waals surface area contributed by atoms with Crippen molar-refractivity contribution in [3.05, 3.63) is 59.4 Å². The molecule has 3 rings (SSSR count). The average Bonchev–Trinajstić information content (AvgIpc) is 3.00. The Labute approximate surface area is 162 Å². The third-order valence-corrected chi connectivity index (χ3v) is 6.72. The minimum atomic E-state index is -3.99. The number of benzene rings is 2. The summed E-state index contributed by atoms with van der Waals surface area (Å²) in [6.45, 7) is 2.92. The monoisotopic (exact) mass is 401 g/mol. The summed E-state index contributed by atoms with van der Waals surface area (Å²) >= 11 is 0. The zero-order chi connectivity index (χ0) is 20.7. The largest absolute Gasteiger partial charge is 0.379 e. The fourth-order valence-corrected chi connectivity index (χ4v) is 4.27. The van der Waals surface area contributed by atoms with Crippen molar-refractivity contribution in [3.8, 4) is 12.3 Å². The molecular weight excluding hydrogens is 381 g/mol. The average molecular weight is 401 g/mol. The fourth-order valence-electron chi connectivity index (χ4n) is 3.12. The van der Waals surface area contributed by atoms with E-state index in [9.17, 15) is 13.5 Å². The van der Waals surface area contributed by atoms with Crippen LogP contribution in [0.4, 0.5) is 10.3 Å². The molecule has 6 nitrogen and oxygen atoms in total. The Hall–Kier alpha value is -2.89. The minimum Gasteiger partial charge on any atom is -0.379 e. The summed E-state index contributed by atoms with van der Waals surface area (Å²) < 4.78 is 41.8. The van der Waals surface area contributed by atoms with E-state index in [1.807, 2.05) is 0 Å². The lowest BCUT2D eigenvalue weighted by atomic mass is 9.83. The molecule has 0 amide bonds. The van der Waals surface area contributed by atoms with Crippen LogP contribution in [0.5, 0.6) is 0 Å². The van der Waals surface area contributed by atoms with E-state index in [-0.39, 0.29) is 29.0 Å². The molecule has 2 aromatic carbocycles. The number of nitrogens with zero attached hydrogens (tertiary/aromatic N) is 2. The van der Waals surface area contributed by atoms with Gasteiger partial charge < -0.3 is 10.8 Å². The van der Waals surface area contributed by atoms with Crippen LogP contribution in [0.2, 0.25) is 0 Å². The molecule has 0 radical (unpaired) electrons. The van der Waals surface area contributed by atoms with Gasteiger partial charge in [-0.15, -0.1) is 12.3 Å². The van der Waals surface area contributed by atoms with Crippen LogP contribution in [0.3, 0.4) is 0 Å². The number of halogens is 1. The zero-order valence-corrected chi connectivity index (χ0v) is 16.2.